The number of benzene rings is 1. The second-order valence-electron chi connectivity index (χ2n) is 4.94. The van der Waals surface area contributed by atoms with E-state index in [4.69, 9.17) is 22.7 Å². The highest BCUT2D eigenvalue weighted by Gasteiger charge is 2.18. The summed E-state index contributed by atoms with van der Waals surface area (Å²) < 4.78 is 7.79. The monoisotopic (exact) mass is 306 g/mol. The number of nitrogens with zero attached hydrogens (tertiary/aromatic N) is 3. The van der Waals surface area contributed by atoms with Crippen LogP contribution in [0.4, 0.5) is 0 Å². The van der Waals surface area contributed by atoms with Gasteiger partial charge in [-0.2, -0.15) is 4.68 Å². The molecule has 0 fully saturated rings. The third kappa shape index (κ3) is 2.33. The van der Waals surface area contributed by atoms with E-state index in [1.807, 2.05) is 26.8 Å². The number of nitrogens with two attached hydrogens (primary N) is 1. The van der Waals surface area contributed by atoms with Gasteiger partial charge in [-0.05, 0) is 43.5 Å². The first-order chi connectivity index (χ1) is 9.79. The van der Waals surface area contributed by atoms with Gasteiger partial charge >= 0.3 is 11.7 Å². The van der Waals surface area contributed by atoms with Crippen LogP contribution < -0.4 is 16.2 Å². The third-order valence-corrected chi connectivity index (χ3v) is 3.88. The van der Waals surface area contributed by atoms with Gasteiger partial charge in [0.2, 0.25) is 0 Å². The van der Waals surface area contributed by atoms with Gasteiger partial charge in [0.1, 0.15) is 4.99 Å². The average Bonchev–Trinajstić information content (AvgIpc) is 2.71. The molecule has 0 aliphatic heterocycles. The van der Waals surface area contributed by atoms with Gasteiger partial charge in [-0.3, -0.25) is 0 Å². The van der Waals surface area contributed by atoms with Crippen molar-refractivity contribution in [2.45, 2.75) is 20.8 Å². The molecule has 0 amide bonds. The maximum absolute atomic E-state index is 12.3. The summed E-state index contributed by atoms with van der Waals surface area (Å²) in [5.74, 6) is 0. The first-order valence-corrected chi connectivity index (χ1v) is 6.81. The largest absolute Gasteiger partial charge is 0.467 e. The summed E-state index contributed by atoms with van der Waals surface area (Å²) in [6.07, 6.45) is 0. The van der Waals surface area contributed by atoms with Crippen molar-refractivity contribution in [2.75, 3.05) is 7.11 Å². The standard InChI is InChI=1S/C14H18N4O2S/c1-7-6-10(12(15)21)8(2)9(3)11(7)18-14(19)17(4)13(16-18)20-5/h6H,1-5H3,(H2,15,21). The molecule has 0 atom stereocenters. The van der Waals surface area contributed by atoms with Gasteiger partial charge in [-0.15, -0.1) is 5.10 Å². The highest BCUT2D eigenvalue weighted by Crippen LogP contribution is 2.24. The van der Waals surface area contributed by atoms with Crippen LogP contribution in [0.1, 0.15) is 22.3 Å². The van der Waals surface area contributed by atoms with Gasteiger partial charge in [0.25, 0.3) is 0 Å². The van der Waals surface area contributed by atoms with Crippen LogP contribution in [-0.4, -0.2) is 26.4 Å². The predicted octanol–water partition coefficient (Wildman–Crippen LogP) is 1.14. The Morgan fingerprint density at radius 3 is 2.43 bits per heavy atom. The van der Waals surface area contributed by atoms with Crippen LogP contribution in [0.2, 0.25) is 0 Å². The third-order valence-electron chi connectivity index (χ3n) is 3.66. The fourth-order valence-electron chi connectivity index (χ4n) is 2.39. The minimum absolute atomic E-state index is 0.259. The van der Waals surface area contributed by atoms with Gasteiger partial charge in [0, 0.05) is 12.6 Å². The topological polar surface area (TPSA) is 75.1 Å². The molecule has 1 aromatic carbocycles. The lowest BCUT2D eigenvalue weighted by atomic mass is 9.97. The Morgan fingerprint density at radius 1 is 1.33 bits per heavy atom. The number of rotatable bonds is 3. The quantitative estimate of drug-likeness (QED) is 0.861. The van der Waals surface area contributed by atoms with Crippen LogP contribution in [0.25, 0.3) is 5.69 Å². The molecule has 0 aliphatic rings. The molecular weight excluding hydrogens is 288 g/mol. The number of aromatic nitrogens is 3. The van der Waals surface area contributed by atoms with E-state index in [9.17, 15) is 4.79 Å². The minimum Gasteiger partial charge on any atom is -0.467 e. The Labute approximate surface area is 128 Å². The summed E-state index contributed by atoms with van der Waals surface area (Å²) >= 11 is 5.07. The van der Waals surface area contributed by atoms with Crippen molar-refractivity contribution in [3.63, 3.8) is 0 Å². The molecule has 2 rings (SSSR count). The molecule has 0 aliphatic carbocycles. The van der Waals surface area contributed by atoms with E-state index < -0.39 is 0 Å². The van der Waals surface area contributed by atoms with Crippen molar-refractivity contribution in [3.05, 3.63) is 38.8 Å². The fourth-order valence-corrected chi connectivity index (χ4v) is 2.61. The van der Waals surface area contributed by atoms with E-state index in [0.29, 0.717) is 4.99 Å². The number of thiocarbonyl (C=S) groups is 1. The Kier molecular flexibility index (Phi) is 3.87. The van der Waals surface area contributed by atoms with Gasteiger partial charge in [0.15, 0.2) is 0 Å². The van der Waals surface area contributed by atoms with Crippen LogP contribution in [-0.2, 0) is 7.05 Å². The summed E-state index contributed by atoms with van der Waals surface area (Å²) in [5.41, 5.74) is 9.77. The van der Waals surface area contributed by atoms with Gasteiger partial charge < -0.3 is 10.5 Å². The van der Waals surface area contributed by atoms with Crippen molar-refractivity contribution in [1.82, 2.24) is 14.3 Å². The summed E-state index contributed by atoms with van der Waals surface area (Å²) in [7, 11) is 3.10. The molecule has 6 nitrogen and oxygen atoms in total. The van der Waals surface area contributed by atoms with E-state index in [2.05, 4.69) is 5.10 Å². The van der Waals surface area contributed by atoms with E-state index in [0.717, 1.165) is 27.9 Å². The normalized spacial score (nSPS) is 10.7. The van der Waals surface area contributed by atoms with Crippen molar-refractivity contribution in [2.24, 2.45) is 12.8 Å². The Morgan fingerprint density at radius 2 is 1.95 bits per heavy atom. The summed E-state index contributed by atoms with van der Waals surface area (Å²) in [4.78, 5) is 12.7. The highest BCUT2D eigenvalue weighted by molar-refractivity contribution is 7.80. The fraction of sp³-hybridized carbons (Fsp3) is 0.357. The second kappa shape index (κ2) is 5.33. The summed E-state index contributed by atoms with van der Waals surface area (Å²) in [6.45, 7) is 5.75. The molecule has 0 spiro atoms. The maximum atomic E-state index is 12.3. The molecule has 0 unspecified atom stereocenters. The van der Waals surface area contributed by atoms with Crippen molar-refractivity contribution < 1.29 is 4.74 Å². The van der Waals surface area contributed by atoms with Gasteiger partial charge in [0.05, 0.1) is 12.8 Å². The number of methoxy groups -OCH3 is 1. The van der Waals surface area contributed by atoms with Crippen LogP contribution in [0.15, 0.2) is 10.9 Å². The van der Waals surface area contributed by atoms with Crippen molar-refractivity contribution >= 4 is 17.2 Å². The molecule has 2 aromatic rings. The van der Waals surface area contributed by atoms with Crippen LogP contribution in [0, 0.1) is 20.8 Å². The number of aryl methyl sites for hydroxylation is 1. The predicted molar refractivity (Wildman–Crippen MR) is 85.5 cm³/mol. The van der Waals surface area contributed by atoms with E-state index in [1.54, 1.807) is 7.05 Å². The zero-order valence-electron chi connectivity index (χ0n) is 12.7. The van der Waals surface area contributed by atoms with Crippen molar-refractivity contribution in [1.29, 1.82) is 0 Å². The molecule has 0 saturated carbocycles. The average molecular weight is 306 g/mol. The lowest BCUT2D eigenvalue weighted by Crippen LogP contribution is -2.24. The zero-order valence-corrected chi connectivity index (χ0v) is 13.5. The molecule has 0 radical (unpaired) electrons. The first kappa shape index (κ1) is 15.2. The molecule has 2 N–H and O–H groups in total. The Bertz CT molecular complexity index is 789. The Hall–Kier alpha value is -2.15. The molecular formula is C14H18N4O2S. The lowest BCUT2D eigenvalue weighted by molar-refractivity contribution is 0.362. The molecule has 0 bridgehead atoms. The van der Waals surface area contributed by atoms with Crippen LogP contribution in [0.3, 0.4) is 0 Å². The van der Waals surface area contributed by atoms with Crippen molar-refractivity contribution in [3.8, 4) is 11.7 Å². The molecule has 0 saturated heterocycles. The highest BCUT2D eigenvalue weighted by atomic mass is 32.1. The maximum Gasteiger partial charge on any atom is 0.353 e. The molecule has 1 aromatic heterocycles. The van der Waals surface area contributed by atoms with E-state index in [1.165, 1.54) is 16.4 Å². The second-order valence-corrected chi connectivity index (χ2v) is 5.38. The van der Waals surface area contributed by atoms with E-state index >= 15 is 0 Å². The first-order valence-electron chi connectivity index (χ1n) is 6.40. The smallest absolute Gasteiger partial charge is 0.353 e. The number of hydrogen-bond acceptors (Lipinski definition) is 4. The molecule has 112 valence electrons. The van der Waals surface area contributed by atoms with Gasteiger partial charge in [-0.1, -0.05) is 12.2 Å². The SMILES string of the molecule is COc1nn(-c2c(C)cc(C(N)=S)c(C)c2C)c(=O)n1C. The molecule has 1 heterocycles. The summed E-state index contributed by atoms with van der Waals surface area (Å²) in [6, 6.07) is 2.14. The number of ether oxygens (including phenoxy) is 1. The summed E-state index contributed by atoms with van der Waals surface area (Å²) in [5, 5.41) is 4.22. The van der Waals surface area contributed by atoms with Crippen LogP contribution >= 0.6 is 12.2 Å². The lowest BCUT2D eigenvalue weighted by Gasteiger charge is -2.15. The van der Waals surface area contributed by atoms with E-state index in [-0.39, 0.29) is 11.7 Å². The zero-order chi connectivity index (χ0) is 15.9. The Balaban J connectivity index is 2.80. The molecule has 7 heteroatoms. The minimum atomic E-state index is -0.263. The van der Waals surface area contributed by atoms with Crippen LogP contribution in [0.5, 0.6) is 6.01 Å². The molecule has 21 heavy (non-hydrogen) atoms. The van der Waals surface area contributed by atoms with Gasteiger partial charge in [-0.25, -0.2) is 9.36 Å². The number of hydrogen-bond donors (Lipinski definition) is 1.